The summed E-state index contributed by atoms with van der Waals surface area (Å²) >= 11 is 14.5. The molecule has 52 heavy (non-hydrogen) atoms. The number of carbonyl (C=O) groups excluding carboxylic acids is 2. The van der Waals surface area contributed by atoms with Crippen molar-refractivity contribution in [3.63, 3.8) is 0 Å². The molecule has 3 atom stereocenters. The highest BCUT2D eigenvalue weighted by Crippen LogP contribution is 2.59. The smallest absolute Gasteiger partial charge is 0.418 e. The number of carbonyl (C=O) groups is 2. The van der Waals surface area contributed by atoms with Gasteiger partial charge >= 0.3 is 6.09 Å². The average Bonchev–Trinajstić information content (AvgIpc) is 3.62. The number of β-lactam (4-membered cyclic amide) rings is 1. The van der Waals surface area contributed by atoms with E-state index in [-0.39, 0.29) is 25.2 Å². The standard InChI is InChI=1S/C37H40Br4N4O7/c1-33(2,3)52-32(47)45-24-16-23(38)28(39)29(40)27(24)36(17-26(46)43-36)37(45,48)14-13-34(4,5)30-25(15-22-19-50-35(6,7)51-22)44(31(41)42-30)20-49-18-21-11-9-8-10-12-21/h8-12,16,22,48H,15,17-20H2,1-7H3,(H,43,46). The third-order valence-electron chi connectivity index (χ3n) is 9.07. The lowest BCUT2D eigenvalue weighted by atomic mass is 9.73. The molecule has 15 heteroatoms. The maximum atomic E-state index is 14.1. The number of amides is 2. The Kier molecular flexibility index (Phi) is 10.7. The average molecular weight is 972 g/mol. The van der Waals surface area contributed by atoms with Gasteiger partial charge in [0.15, 0.2) is 10.5 Å². The van der Waals surface area contributed by atoms with Crippen molar-refractivity contribution in [3.05, 3.63) is 77.1 Å². The minimum atomic E-state index is -2.27. The molecule has 3 unspecified atom stereocenters. The van der Waals surface area contributed by atoms with Crippen molar-refractivity contribution in [1.29, 1.82) is 0 Å². The molecular weight excluding hydrogens is 932 g/mol. The van der Waals surface area contributed by atoms with E-state index >= 15 is 0 Å². The predicted molar refractivity (Wildman–Crippen MR) is 208 cm³/mol. The maximum absolute atomic E-state index is 14.1. The van der Waals surface area contributed by atoms with Gasteiger partial charge in [0.05, 0.1) is 42.5 Å². The molecule has 0 saturated carbocycles. The summed E-state index contributed by atoms with van der Waals surface area (Å²) in [6.45, 7) is 13.7. The van der Waals surface area contributed by atoms with Crippen molar-refractivity contribution < 1.29 is 33.6 Å². The van der Waals surface area contributed by atoms with Crippen molar-refractivity contribution in [2.75, 3.05) is 11.5 Å². The Labute approximate surface area is 337 Å². The lowest BCUT2D eigenvalue weighted by Crippen LogP contribution is -2.73. The monoisotopic (exact) mass is 968 g/mol. The second kappa shape index (κ2) is 14.1. The van der Waals surface area contributed by atoms with Gasteiger partial charge in [-0.05, 0) is 130 Å². The van der Waals surface area contributed by atoms with E-state index in [4.69, 9.17) is 23.9 Å². The number of anilines is 1. The van der Waals surface area contributed by atoms with E-state index in [1.807, 2.05) is 62.6 Å². The highest BCUT2D eigenvalue weighted by Gasteiger charge is 2.70. The fourth-order valence-electron chi connectivity index (χ4n) is 6.73. The molecule has 0 aliphatic carbocycles. The maximum Gasteiger partial charge on any atom is 0.418 e. The molecule has 4 heterocycles. The number of aliphatic hydroxyl groups is 1. The Bertz CT molecular complexity index is 1970. The third-order valence-corrected chi connectivity index (χ3v) is 13.0. The quantitative estimate of drug-likeness (QED) is 0.139. The molecule has 3 aliphatic rings. The van der Waals surface area contributed by atoms with E-state index in [2.05, 4.69) is 80.9 Å². The number of benzene rings is 2. The first-order valence-electron chi connectivity index (χ1n) is 16.7. The van der Waals surface area contributed by atoms with Crippen LogP contribution in [0.25, 0.3) is 0 Å². The van der Waals surface area contributed by atoms with Gasteiger partial charge in [-0.1, -0.05) is 36.3 Å². The molecule has 2 amide bonds. The van der Waals surface area contributed by atoms with Gasteiger partial charge in [-0.15, -0.1) is 0 Å². The largest absolute Gasteiger partial charge is 0.443 e. The first kappa shape index (κ1) is 39.4. The summed E-state index contributed by atoms with van der Waals surface area (Å²) in [7, 11) is 0. The summed E-state index contributed by atoms with van der Waals surface area (Å²) in [5.74, 6) is 5.32. The first-order chi connectivity index (χ1) is 24.2. The minimum absolute atomic E-state index is 0.128. The van der Waals surface area contributed by atoms with Crippen molar-refractivity contribution in [2.45, 2.75) is 109 Å². The summed E-state index contributed by atoms with van der Waals surface area (Å²) in [4.78, 5) is 32.9. The van der Waals surface area contributed by atoms with Crippen molar-refractivity contribution in [1.82, 2.24) is 14.9 Å². The second-order valence-electron chi connectivity index (χ2n) is 15.1. The summed E-state index contributed by atoms with van der Waals surface area (Å²) in [5.41, 5.74) is -2.39. The van der Waals surface area contributed by atoms with Crippen LogP contribution in [0.2, 0.25) is 0 Å². The lowest BCUT2D eigenvalue weighted by molar-refractivity contribution is -0.143. The summed E-state index contributed by atoms with van der Waals surface area (Å²) in [6.07, 6.45) is -0.790. The fraction of sp³-hybridized carbons (Fsp3) is 0.486. The zero-order valence-electron chi connectivity index (χ0n) is 29.8. The molecule has 6 rings (SSSR count). The van der Waals surface area contributed by atoms with Crippen LogP contribution in [0.1, 0.15) is 77.4 Å². The molecule has 1 spiro atoms. The van der Waals surface area contributed by atoms with E-state index < -0.39 is 34.2 Å². The SMILES string of the molecule is CC(C)(C)OC(=O)N1c2cc(Br)c(Br)c(Br)c2C2(CC(=O)N2)C1(O)C#CC(C)(C)c1nc(Br)n(COCc2ccccc2)c1CC1COC(C)(C)O1. The van der Waals surface area contributed by atoms with E-state index in [0.29, 0.717) is 54.7 Å². The Hall–Kier alpha value is -2.29. The third kappa shape index (κ3) is 7.26. The number of rotatable bonds is 7. The van der Waals surface area contributed by atoms with Crippen LogP contribution in [0.5, 0.6) is 0 Å². The topological polar surface area (TPSA) is 124 Å². The Morgan fingerprint density at radius 3 is 2.38 bits per heavy atom. The summed E-state index contributed by atoms with van der Waals surface area (Å²) in [5, 5.41) is 15.8. The van der Waals surface area contributed by atoms with Gasteiger partial charge in [-0.3, -0.25) is 9.36 Å². The van der Waals surface area contributed by atoms with Crippen LogP contribution < -0.4 is 10.2 Å². The molecule has 2 saturated heterocycles. The number of imidazole rings is 1. The Morgan fingerprint density at radius 1 is 1.12 bits per heavy atom. The van der Waals surface area contributed by atoms with E-state index in [1.165, 1.54) is 0 Å². The summed E-state index contributed by atoms with van der Waals surface area (Å²) < 4.78 is 28.4. The molecule has 2 aromatic carbocycles. The highest BCUT2D eigenvalue weighted by molar-refractivity contribution is 9.14. The molecule has 0 bridgehead atoms. The van der Waals surface area contributed by atoms with Crippen LogP contribution in [0.15, 0.2) is 54.6 Å². The van der Waals surface area contributed by atoms with Crippen molar-refractivity contribution in [3.8, 4) is 11.8 Å². The number of hydrogen-bond acceptors (Lipinski definition) is 8. The van der Waals surface area contributed by atoms with E-state index in [1.54, 1.807) is 26.8 Å². The van der Waals surface area contributed by atoms with Crippen LogP contribution in [0, 0.1) is 11.8 Å². The minimum Gasteiger partial charge on any atom is -0.443 e. The number of halogens is 4. The van der Waals surface area contributed by atoms with Gasteiger partial charge in [-0.25, -0.2) is 14.7 Å². The molecule has 11 nitrogen and oxygen atoms in total. The zero-order chi connectivity index (χ0) is 38.0. The molecule has 3 aliphatic heterocycles. The van der Waals surface area contributed by atoms with Crippen LogP contribution in [-0.4, -0.2) is 56.5 Å². The van der Waals surface area contributed by atoms with Gasteiger partial charge in [0.1, 0.15) is 17.9 Å². The normalized spacial score (nSPS) is 23.6. The van der Waals surface area contributed by atoms with Crippen molar-refractivity contribution in [2.24, 2.45) is 0 Å². The van der Waals surface area contributed by atoms with Crippen molar-refractivity contribution >= 4 is 81.4 Å². The first-order valence-corrected chi connectivity index (χ1v) is 19.8. The zero-order valence-corrected chi connectivity index (χ0v) is 36.2. The number of aromatic nitrogens is 2. The Balaban J connectivity index is 1.45. The number of hydrogen-bond donors (Lipinski definition) is 2. The van der Waals surface area contributed by atoms with Crippen LogP contribution in [-0.2, 0) is 54.5 Å². The molecule has 2 fully saturated rings. The molecule has 278 valence electrons. The molecule has 2 N–H and O–H groups in total. The van der Waals surface area contributed by atoms with E-state index in [9.17, 15) is 14.7 Å². The number of nitrogens with one attached hydrogen (secondary N) is 1. The van der Waals surface area contributed by atoms with Gasteiger partial charge in [-0.2, -0.15) is 0 Å². The molecule has 1 aromatic heterocycles. The molecule has 0 radical (unpaired) electrons. The van der Waals surface area contributed by atoms with Crippen LogP contribution >= 0.6 is 63.7 Å². The highest BCUT2D eigenvalue weighted by atomic mass is 79.9. The van der Waals surface area contributed by atoms with E-state index in [0.717, 1.165) is 16.2 Å². The fourth-order valence-corrected chi connectivity index (χ4v) is 8.98. The number of ether oxygens (including phenoxy) is 4. The molecular formula is C37H40Br4N4O7. The lowest BCUT2D eigenvalue weighted by Gasteiger charge is -2.48. The molecule has 3 aromatic rings. The second-order valence-corrected chi connectivity index (χ2v) is 18.2. The predicted octanol–water partition coefficient (Wildman–Crippen LogP) is 7.94. The van der Waals surface area contributed by atoms with Gasteiger partial charge in [0.25, 0.3) is 0 Å². The van der Waals surface area contributed by atoms with Crippen LogP contribution in [0.4, 0.5) is 10.5 Å². The summed E-state index contributed by atoms with van der Waals surface area (Å²) in [6, 6.07) is 11.6. The number of fused-ring (bicyclic) bond motifs is 2. The van der Waals surface area contributed by atoms with Crippen LogP contribution in [0.3, 0.4) is 0 Å². The number of nitrogens with zero attached hydrogens (tertiary/aromatic N) is 3. The van der Waals surface area contributed by atoms with Gasteiger partial charge in [0, 0.05) is 31.1 Å². The van der Waals surface area contributed by atoms with Gasteiger partial charge < -0.3 is 29.4 Å². The van der Waals surface area contributed by atoms with Gasteiger partial charge in [0.2, 0.25) is 11.6 Å². The Morgan fingerprint density at radius 2 is 1.79 bits per heavy atom.